The molecule has 2 bridgehead atoms. The highest BCUT2D eigenvalue weighted by Crippen LogP contribution is 2.29. The molecule has 4 rings (SSSR count). The first-order chi connectivity index (χ1) is 13.7. The van der Waals surface area contributed by atoms with E-state index in [1.54, 1.807) is 0 Å². The van der Waals surface area contributed by atoms with E-state index in [1.165, 1.54) is 0 Å². The zero-order valence-corrected chi connectivity index (χ0v) is 16.2. The monoisotopic (exact) mass is 383 g/mol. The standard InChI is InChI=1S/C22H29N3O3/c26-21(24-19-7-8-19)12-16-9-10-25-15-18(16)5-3-11-28-20-6-2-1-4-17(20)13-23-14-22(25)27/h1-6,16,18-19,23H,7-15H2,(H,24,26)/b5-3+/t16-,18-/m0/s1. The second-order valence-electron chi connectivity index (χ2n) is 8.05. The average Bonchev–Trinajstić information content (AvgIpc) is 3.50. The van der Waals surface area contributed by atoms with E-state index in [9.17, 15) is 9.59 Å². The number of carbonyl (C=O) groups is 2. The fourth-order valence-corrected chi connectivity index (χ4v) is 4.06. The molecule has 3 aliphatic rings. The molecule has 2 fully saturated rings. The van der Waals surface area contributed by atoms with Crippen molar-refractivity contribution in [1.29, 1.82) is 0 Å². The zero-order valence-electron chi connectivity index (χ0n) is 16.2. The number of nitrogens with one attached hydrogen (secondary N) is 2. The smallest absolute Gasteiger partial charge is 0.236 e. The topological polar surface area (TPSA) is 70.7 Å². The van der Waals surface area contributed by atoms with Crippen LogP contribution in [0, 0.1) is 11.8 Å². The van der Waals surface area contributed by atoms with E-state index >= 15 is 0 Å². The van der Waals surface area contributed by atoms with Crippen molar-refractivity contribution in [2.45, 2.75) is 38.3 Å². The van der Waals surface area contributed by atoms with Crippen LogP contribution in [-0.4, -0.2) is 49.0 Å². The maximum Gasteiger partial charge on any atom is 0.236 e. The van der Waals surface area contributed by atoms with Crippen LogP contribution < -0.4 is 15.4 Å². The van der Waals surface area contributed by atoms with E-state index in [-0.39, 0.29) is 23.7 Å². The maximum absolute atomic E-state index is 12.7. The Balaban J connectivity index is 1.46. The van der Waals surface area contributed by atoms with Crippen LogP contribution in [0.5, 0.6) is 5.75 Å². The fourth-order valence-electron chi connectivity index (χ4n) is 4.06. The maximum atomic E-state index is 12.7. The first-order valence-electron chi connectivity index (χ1n) is 10.3. The summed E-state index contributed by atoms with van der Waals surface area (Å²) in [5, 5.41) is 6.34. The number of amides is 2. The minimum Gasteiger partial charge on any atom is -0.489 e. The van der Waals surface area contributed by atoms with Crippen LogP contribution in [0.1, 0.15) is 31.2 Å². The number of para-hydroxylation sites is 1. The molecule has 1 aromatic carbocycles. The Morgan fingerprint density at radius 1 is 1.21 bits per heavy atom. The van der Waals surface area contributed by atoms with Crippen LogP contribution in [0.4, 0.5) is 0 Å². The van der Waals surface area contributed by atoms with Crippen molar-refractivity contribution in [2.24, 2.45) is 11.8 Å². The first-order valence-corrected chi connectivity index (χ1v) is 10.3. The molecular formula is C22H29N3O3. The van der Waals surface area contributed by atoms with E-state index in [4.69, 9.17) is 4.74 Å². The number of carbonyl (C=O) groups excluding carboxylic acids is 2. The lowest BCUT2D eigenvalue weighted by Crippen LogP contribution is -2.47. The molecular weight excluding hydrogens is 354 g/mol. The summed E-state index contributed by atoms with van der Waals surface area (Å²) in [5.74, 6) is 1.56. The molecule has 28 heavy (non-hydrogen) atoms. The van der Waals surface area contributed by atoms with E-state index in [2.05, 4.69) is 16.7 Å². The van der Waals surface area contributed by atoms with Gasteiger partial charge in [0.05, 0.1) is 6.54 Å². The van der Waals surface area contributed by atoms with Crippen molar-refractivity contribution < 1.29 is 14.3 Å². The Hall–Kier alpha value is -2.34. The number of ether oxygens (including phenoxy) is 1. The number of nitrogens with zero attached hydrogens (tertiary/aromatic N) is 1. The van der Waals surface area contributed by atoms with Crippen LogP contribution >= 0.6 is 0 Å². The molecule has 0 radical (unpaired) electrons. The molecule has 1 aliphatic carbocycles. The van der Waals surface area contributed by atoms with Gasteiger partial charge in [-0.2, -0.15) is 0 Å². The van der Waals surface area contributed by atoms with Gasteiger partial charge in [0, 0.05) is 37.7 Å². The second kappa shape index (κ2) is 8.78. The highest BCUT2D eigenvalue weighted by atomic mass is 16.5. The number of fused-ring (bicyclic) bond motifs is 3. The summed E-state index contributed by atoms with van der Waals surface area (Å²) in [6.07, 6.45) is 7.78. The van der Waals surface area contributed by atoms with Crippen molar-refractivity contribution >= 4 is 11.8 Å². The third kappa shape index (κ3) is 4.93. The largest absolute Gasteiger partial charge is 0.489 e. The molecule has 6 heteroatoms. The van der Waals surface area contributed by atoms with Gasteiger partial charge >= 0.3 is 0 Å². The molecule has 2 heterocycles. The van der Waals surface area contributed by atoms with Gasteiger partial charge in [0.25, 0.3) is 0 Å². The van der Waals surface area contributed by atoms with E-state index < -0.39 is 0 Å². The van der Waals surface area contributed by atoms with Crippen LogP contribution in [0.15, 0.2) is 36.4 Å². The first kappa shape index (κ1) is 19.0. The van der Waals surface area contributed by atoms with Gasteiger partial charge in [0.2, 0.25) is 11.8 Å². The summed E-state index contributed by atoms with van der Waals surface area (Å²) >= 11 is 0. The number of rotatable bonds is 3. The molecule has 2 amide bonds. The molecule has 2 atom stereocenters. The van der Waals surface area contributed by atoms with Crippen LogP contribution in [0.2, 0.25) is 0 Å². The van der Waals surface area contributed by atoms with E-state index in [1.807, 2.05) is 35.2 Å². The fraction of sp³-hybridized carbons (Fsp3) is 0.545. The predicted molar refractivity (Wildman–Crippen MR) is 107 cm³/mol. The molecule has 1 saturated carbocycles. The SMILES string of the molecule is O=C(C[C@@H]1CCN2C[C@@H]1/C=C/COc1ccccc1CNCC2=O)NC1CC1. The Bertz CT molecular complexity index is 744. The molecule has 2 aliphatic heterocycles. The second-order valence-corrected chi connectivity index (χ2v) is 8.05. The van der Waals surface area contributed by atoms with Crippen molar-refractivity contribution in [2.75, 3.05) is 26.2 Å². The minimum atomic E-state index is 0.122. The van der Waals surface area contributed by atoms with Crippen LogP contribution in [0.3, 0.4) is 0 Å². The van der Waals surface area contributed by atoms with Gasteiger partial charge < -0.3 is 20.3 Å². The summed E-state index contributed by atoms with van der Waals surface area (Å²) < 4.78 is 5.94. The summed E-state index contributed by atoms with van der Waals surface area (Å²) in [4.78, 5) is 26.9. The molecule has 1 saturated heterocycles. The van der Waals surface area contributed by atoms with Gasteiger partial charge in [-0.3, -0.25) is 9.59 Å². The predicted octanol–water partition coefficient (Wildman–Crippen LogP) is 1.86. The van der Waals surface area contributed by atoms with Gasteiger partial charge in [-0.05, 0) is 37.2 Å². The molecule has 0 spiro atoms. The molecule has 0 aromatic heterocycles. The summed E-state index contributed by atoms with van der Waals surface area (Å²) in [7, 11) is 0. The average molecular weight is 383 g/mol. The van der Waals surface area contributed by atoms with Gasteiger partial charge in [0.15, 0.2) is 0 Å². The van der Waals surface area contributed by atoms with Crippen molar-refractivity contribution in [3.05, 3.63) is 42.0 Å². The molecule has 0 unspecified atom stereocenters. The van der Waals surface area contributed by atoms with Crippen LogP contribution in [0.25, 0.3) is 0 Å². The normalized spacial score (nSPS) is 26.7. The van der Waals surface area contributed by atoms with Gasteiger partial charge in [-0.25, -0.2) is 0 Å². The summed E-state index contributed by atoms with van der Waals surface area (Å²) in [6, 6.07) is 8.30. The third-order valence-electron chi connectivity index (χ3n) is 5.83. The summed E-state index contributed by atoms with van der Waals surface area (Å²) in [5.41, 5.74) is 1.05. The minimum absolute atomic E-state index is 0.122. The Labute approximate surface area is 166 Å². The van der Waals surface area contributed by atoms with Crippen molar-refractivity contribution in [3.63, 3.8) is 0 Å². The Morgan fingerprint density at radius 3 is 2.93 bits per heavy atom. The number of hydrogen-bond acceptors (Lipinski definition) is 4. The highest BCUT2D eigenvalue weighted by Gasteiger charge is 2.32. The number of benzene rings is 1. The molecule has 6 nitrogen and oxygen atoms in total. The van der Waals surface area contributed by atoms with E-state index in [0.29, 0.717) is 38.7 Å². The molecule has 1 aromatic rings. The Morgan fingerprint density at radius 2 is 2.07 bits per heavy atom. The lowest BCUT2D eigenvalue weighted by atomic mass is 9.82. The quantitative estimate of drug-likeness (QED) is 0.782. The van der Waals surface area contributed by atoms with Crippen molar-refractivity contribution in [3.8, 4) is 5.75 Å². The summed E-state index contributed by atoms with van der Waals surface area (Å²) in [6.45, 7) is 2.80. The number of hydrogen-bond donors (Lipinski definition) is 2. The molecule has 150 valence electrons. The third-order valence-corrected chi connectivity index (χ3v) is 5.83. The van der Waals surface area contributed by atoms with Crippen LogP contribution in [-0.2, 0) is 16.1 Å². The Kier molecular flexibility index (Phi) is 5.95. The molecule has 2 N–H and O–H groups in total. The van der Waals surface area contributed by atoms with E-state index in [0.717, 1.165) is 37.1 Å². The van der Waals surface area contributed by atoms with Gasteiger partial charge in [0.1, 0.15) is 12.4 Å². The highest BCUT2D eigenvalue weighted by molar-refractivity contribution is 5.79. The number of piperidine rings is 1. The lowest BCUT2D eigenvalue weighted by molar-refractivity contribution is -0.132. The zero-order chi connectivity index (χ0) is 19.3. The van der Waals surface area contributed by atoms with Gasteiger partial charge in [-0.15, -0.1) is 0 Å². The van der Waals surface area contributed by atoms with Gasteiger partial charge in [-0.1, -0.05) is 30.4 Å². The lowest BCUT2D eigenvalue weighted by Gasteiger charge is -2.37. The van der Waals surface area contributed by atoms with Crippen molar-refractivity contribution in [1.82, 2.24) is 15.5 Å².